The van der Waals surface area contributed by atoms with Crippen molar-refractivity contribution >= 4 is 59.0 Å². The zero-order chi connectivity index (χ0) is 48.3. The summed E-state index contributed by atoms with van der Waals surface area (Å²) >= 11 is 4.01. The van der Waals surface area contributed by atoms with Gasteiger partial charge in [0.15, 0.2) is 0 Å². The van der Waals surface area contributed by atoms with Gasteiger partial charge in [-0.05, 0) is 101 Å². The fourth-order valence-corrected chi connectivity index (χ4v) is 8.03. The molecule has 0 bridgehead atoms. The van der Waals surface area contributed by atoms with Crippen LogP contribution in [0.2, 0.25) is 0 Å². The number of nitrogens with zero attached hydrogens (tertiary/aromatic N) is 5. The largest absolute Gasteiger partial charge is 0.492 e. The minimum atomic E-state index is -1.00. The smallest absolute Gasteiger partial charge is 0.273 e. The van der Waals surface area contributed by atoms with Gasteiger partial charge in [0.1, 0.15) is 37.7 Å². The van der Waals surface area contributed by atoms with Crippen LogP contribution >= 0.6 is 12.8 Å². The normalized spacial score (nSPS) is 15.6. The van der Waals surface area contributed by atoms with Crippen LogP contribution in [0.1, 0.15) is 103 Å². The number of hydrogen-bond acceptors (Lipinski definition) is 14. The molecule has 0 spiro atoms. The maximum atomic E-state index is 13.1. The molecule has 352 valence electrons. The number of unbranched alkanes of at least 4 members (excludes halogenated alkanes) is 2. The van der Waals surface area contributed by atoms with Crippen LogP contribution in [0.15, 0.2) is 79.0 Å². The molecule has 7 rings (SSSR count). The van der Waals surface area contributed by atoms with Crippen LogP contribution in [0.25, 0.3) is 22.0 Å². The number of ether oxygens (including phenoxy) is 3. The number of aromatic nitrogens is 2. The molecule has 0 radical (unpaired) electrons. The van der Waals surface area contributed by atoms with Gasteiger partial charge >= 0.3 is 0 Å². The van der Waals surface area contributed by atoms with Gasteiger partial charge in [-0.25, -0.2) is 9.97 Å². The third kappa shape index (κ3) is 12.3. The minimum Gasteiger partial charge on any atom is -0.492 e. The van der Waals surface area contributed by atoms with E-state index in [0.29, 0.717) is 56.6 Å². The Labute approximate surface area is 396 Å². The molecule has 2 aliphatic rings. The molecular weight excluding hydrogens is 873 g/mol. The number of carbonyl (C=O) groups excluding carboxylic acids is 4. The van der Waals surface area contributed by atoms with Gasteiger partial charge in [-0.2, -0.15) is 15.9 Å². The number of aryl methyl sites for hydroxylation is 1. The first-order valence-corrected chi connectivity index (χ1v) is 22.9. The molecular formula is C50H59N8O8S+. The van der Waals surface area contributed by atoms with Gasteiger partial charge < -0.3 is 19.5 Å². The number of nitrogens with one attached hydrogen (secondary N) is 3. The molecule has 0 aliphatic carbocycles. The molecule has 16 nitrogen and oxygen atoms in total. The van der Waals surface area contributed by atoms with Gasteiger partial charge in [-0.1, -0.05) is 64.1 Å². The van der Waals surface area contributed by atoms with Gasteiger partial charge in [0.2, 0.25) is 11.8 Å². The highest BCUT2D eigenvalue weighted by molar-refractivity contribution is 7.74. The summed E-state index contributed by atoms with van der Waals surface area (Å²) in [6, 6.07) is 24.6. The quantitative estimate of drug-likeness (QED) is 0.0166. The first-order valence-electron chi connectivity index (χ1n) is 22.5. The number of benzene rings is 4. The number of nitriles is 1. The van der Waals surface area contributed by atoms with Gasteiger partial charge in [0, 0.05) is 42.3 Å². The van der Waals surface area contributed by atoms with Crippen molar-refractivity contribution in [2.75, 3.05) is 57.4 Å². The highest BCUT2D eigenvalue weighted by atomic mass is 32.1. The highest BCUT2D eigenvalue weighted by Crippen LogP contribution is 2.37. The standard InChI is InChI=1S/C48H52N8O8S.C2H6/c1-30-24-36(48(2,3)35-11-8-31(9-12-35)32-10-15-40-34(25-32)29-51-47(52-40)54-56(4,61)65)26-33(28-49)43(30)64-20-7-5-6-19-62-22-23-63-21-18-50-37-13-14-38-39(27-37)46(60)55(45(38)59)41-16-17-42(57)53-44(41)58;1-2/h8-15,24-27,29,41,61,65H,5-7,16-23H2,1-4H3,(H2-,50,51,52,53,54,57,58,59);1-2H3/p+1. The van der Waals surface area contributed by atoms with Crippen molar-refractivity contribution in [3.8, 4) is 22.9 Å². The Morgan fingerprint density at radius 2 is 1.58 bits per heavy atom. The summed E-state index contributed by atoms with van der Waals surface area (Å²) < 4.78 is 16.8. The first-order chi connectivity index (χ1) is 32.1. The van der Waals surface area contributed by atoms with Gasteiger partial charge in [-0.3, -0.25) is 29.4 Å². The van der Waals surface area contributed by atoms with Crippen LogP contribution in [0.5, 0.6) is 5.75 Å². The molecule has 4 aromatic carbocycles. The lowest BCUT2D eigenvalue weighted by Gasteiger charge is -2.28. The number of piperidine rings is 1. The number of rotatable bonds is 20. The molecule has 0 saturated carbocycles. The molecule has 3 heterocycles. The van der Waals surface area contributed by atoms with E-state index in [-0.39, 0.29) is 35.3 Å². The predicted octanol–water partition coefficient (Wildman–Crippen LogP) is 7.93. The average Bonchev–Trinajstić information content (AvgIpc) is 3.55. The molecule has 4 amide bonds. The van der Waals surface area contributed by atoms with Crippen molar-refractivity contribution in [1.82, 2.24) is 20.2 Å². The van der Waals surface area contributed by atoms with Crippen LogP contribution in [-0.2, 0) is 24.5 Å². The SMILES string of the molecule is CC.Cc1cc(C(C)(C)c2ccc(-c3ccc4nc(N[N+](C)(O)S)ncc4c3)cc2)cc(C#N)c1OCCCCCOCCOCCNc1ccc2c(c1)C(=O)N(C1CCC(=O)NC1=O)C2=O. The molecule has 1 saturated heterocycles. The summed E-state index contributed by atoms with van der Waals surface area (Å²) in [4.78, 5) is 59.5. The number of hydrogen-bond donors (Lipinski definition) is 5. The van der Waals surface area contributed by atoms with Crippen molar-refractivity contribution < 1.29 is 42.8 Å². The van der Waals surface area contributed by atoms with Crippen LogP contribution in [0, 0.1) is 18.3 Å². The fourth-order valence-electron chi connectivity index (χ4n) is 7.94. The van der Waals surface area contributed by atoms with Crippen molar-refractivity contribution in [2.24, 2.45) is 0 Å². The number of imide groups is 2. The number of quaternary nitrogens is 1. The molecule has 4 N–H and O–H groups in total. The summed E-state index contributed by atoms with van der Waals surface area (Å²) in [5, 5.41) is 26.2. The summed E-state index contributed by atoms with van der Waals surface area (Å²) in [5.41, 5.74) is 9.74. The fraction of sp³-hybridized carbons (Fsp3) is 0.380. The summed E-state index contributed by atoms with van der Waals surface area (Å²) in [6.45, 7) is 13.1. The van der Waals surface area contributed by atoms with Crippen LogP contribution in [-0.4, -0.2) is 101 Å². The maximum Gasteiger partial charge on any atom is 0.273 e. The Balaban J connectivity index is 0.00000365. The van der Waals surface area contributed by atoms with E-state index >= 15 is 0 Å². The highest BCUT2D eigenvalue weighted by Gasteiger charge is 2.44. The van der Waals surface area contributed by atoms with E-state index in [9.17, 15) is 29.6 Å². The van der Waals surface area contributed by atoms with Crippen LogP contribution < -0.4 is 20.8 Å². The van der Waals surface area contributed by atoms with E-state index in [2.05, 4.69) is 89.1 Å². The molecule has 2 unspecified atom stereocenters. The average molecular weight is 932 g/mol. The number of fused-ring (bicyclic) bond motifs is 2. The lowest BCUT2D eigenvalue weighted by Crippen LogP contribution is -2.54. The molecule has 5 aromatic rings. The van der Waals surface area contributed by atoms with Crippen molar-refractivity contribution in [1.29, 1.82) is 5.26 Å². The molecule has 67 heavy (non-hydrogen) atoms. The third-order valence-corrected chi connectivity index (χ3v) is 11.6. The maximum absolute atomic E-state index is 13.1. The Bertz CT molecular complexity index is 2640. The predicted molar refractivity (Wildman–Crippen MR) is 258 cm³/mol. The van der Waals surface area contributed by atoms with Gasteiger partial charge in [-0.15, -0.1) is 0 Å². The number of carbonyl (C=O) groups is 4. The monoisotopic (exact) mass is 931 g/mol. The van der Waals surface area contributed by atoms with E-state index in [1.54, 1.807) is 24.4 Å². The zero-order valence-electron chi connectivity index (χ0n) is 38.8. The van der Waals surface area contributed by atoms with Gasteiger partial charge in [0.05, 0.1) is 48.6 Å². The van der Waals surface area contributed by atoms with Crippen molar-refractivity contribution in [3.63, 3.8) is 0 Å². The molecule has 17 heteroatoms. The lowest BCUT2D eigenvalue weighted by atomic mass is 9.76. The first kappa shape index (κ1) is 50.0. The van der Waals surface area contributed by atoms with Gasteiger partial charge in [0.25, 0.3) is 17.8 Å². The van der Waals surface area contributed by atoms with Crippen LogP contribution in [0.3, 0.4) is 0 Å². The minimum absolute atomic E-state index is 0.0676. The Kier molecular flexibility index (Phi) is 16.7. The molecule has 1 aromatic heterocycles. The Hall–Kier alpha value is -6.42. The molecule has 2 aliphatic heterocycles. The third-order valence-electron chi connectivity index (χ3n) is 11.5. The second-order valence-electron chi connectivity index (χ2n) is 16.7. The molecule has 1 fully saturated rings. The summed E-state index contributed by atoms with van der Waals surface area (Å²) in [6.07, 6.45) is 4.45. The zero-order valence-corrected chi connectivity index (χ0v) is 39.7. The second kappa shape index (κ2) is 22.4. The topological polar surface area (TPSA) is 205 Å². The van der Waals surface area contributed by atoms with E-state index in [0.717, 1.165) is 62.9 Å². The van der Waals surface area contributed by atoms with E-state index < -0.39 is 33.8 Å². The summed E-state index contributed by atoms with van der Waals surface area (Å²) in [5.74, 6) is -1.27. The Morgan fingerprint density at radius 3 is 2.30 bits per heavy atom. The Morgan fingerprint density at radius 1 is 0.881 bits per heavy atom. The van der Waals surface area contributed by atoms with Crippen molar-refractivity contribution in [3.05, 3.63) is 112 Å². The van der Waals surface area contributed by atoms with Crippen LogP contribution in [0.4, 0.5) is 11.6 Å². The van der Waals surface area contributed by atoms with E-state index in [4.69, 9.17) is 14.2 Å². The summed E-state index contributed by atoms with van der Waals surface area (Å²) in [7, 11) is 1.44. The second-order valence-corrected chi connectivity index (χ2v) is 17.5. The number of thiol groups is 1. The lowest BCUT2D eigenvalue weighted by molar-refractivity contribution is -0.955. The number of hydroxylamine groups is 1. The number of anilines is 2. The number of amides is 4. The molecule has 2 atom stereocenters. The van der Waals surface area contributed by atoms with Crippen molar-refractivity contribution in [2.45, 2.75) is 78.2 Å². The van der Waals surface area contributed by atoms with E-state index in [1.165, 1.54) is 7.05 Å². The van der Waals surface area contributed by atoms with E-state index in [1.807, 2.05) is 45.0 Å².